The van der Waals surface area contributed by atoms with Crippen molar-refractivity contribution in [1.29, 1.82) is 0 Å². The van der Waals surface area contributed by atoms with E-state index in [1.807, 2.05) is 13.0 Å². The standard InChI is InChI=1S/C14H17BrO3/c1-4-10-6-11(13(16)9(3)15)8-12(7-10)14(17)18-5-2/h6-9H,4-5H2,1-3H3. The Morgan fingerprint density at radius 1 is 1.22 bits per heavy atom. The maximum absolute atomic E-state index is 11.9. The second-order valence-electron chi connectivity index (χ2n) is 3.97. The third kappa shape index (κ3) is 3.67. The Kier molecular flexibility index (Phi) is 5.54. The number of esters is 1. The summed E-state index contributed by atoms with van der Waals surface area (Å²) < 4.78 is 4.96. The number of Topliss-reactive ketones (excluding diaryl/α,β-unsaturated/α-hetero) is 1. The summed E-state index contributed by atoms with van der Waals surface area (Å²) >= 11 is 3.25. The SMILES string of the molecule is CCOC(=O)c1cc(CC)cc(C(=O)C(C)Br)c1. The fraction of sp³-hybridized carbons (Fsp3) is 0.429. The minimum Gasteiger partial charge on any atom is -0.462 e. The van der Waals surface area contributed by atoms with Crippen LogP contribution < -0.4 is 0 Å². The molecule has 0 saturated carbocycles. The van der Waals surface area contributed by atoms with Crippen molar-refractivity contribution in [2.75, 3.05) is 6.61 Å². The summed E-state index contributed by atoms with van der Waals surface area (Å²) in [6.07, 6.45) is 0.768. The van der Waals surface area contributed by atoms with E-state index in [0.29, 0.717) is 17.7 Å². The molecule has 1 rings (SSSR count). The lowest BCUT2D eigenvalue weighted by molar-refractivity contribution is 0.0526. The maximum atomic E-state index is 11.9. The van der Waals surface area contributed by atoms with Gasteiger partial charge in [0.15, 0.2) is 5.78 Å². The highest BCUT2D eigenvalue weighted by molar-refractivity contribution is 9.10. The quantitative estimate of drug-likeness (QED) is 0.475. The number of alkyl halides is 1. The molecule has 0 aromatic heterocycles. The van der Waals surface area contributed by atoms with E-state index in [-0.39, 0.29) is 16.6 Å². The van der Waals surface area contributed by atoms with Gasteiger partial charge in [-0.15, -0.1) is 0 Å². The van der Waals surface area contributed by atoms with Crippen LogP contribution in [0.2, 0.25) is 0 Å². The van der Waals surface area contributed by atoms with Gasteiger partial charge in [0.25, 0.3) is 0 Å². The molecule has 18 heavy (non-hydrogen) atoms. The van der Waals surface area contributed by atoms with E-state index in [0.717, 1.165) is 12.0 Å². The number of rotatable bonds is 5. The smallest absolute Gasteiger partial charge is 0.338 e. The zero-order valence-corrected chi connectivity index (χ0v) is 12.4. The monoisotopic (exact) mass is 312 g/mol. The molecule has 1 atom stereocenters. The van der Waals surface area contributed by atoms with Crippen LogP contribution in [0, 0.1) is 0 Å². The Labute approximate surface area is 116 Å². The summed E-state index contributed by atoms with van der Waals surface area (Å²) in [4.78, 5) is 23.4. The van der Waals surface area contributed by atoms with E-state index >= 15 is 0 Å². The number of ether oxygens (including phenoxy) is 1. The van der Waals surface area contributed by atoms with Gasteiger partial charge in [-0.05, 0) is 44.0 Å². The molecule has 1 aromatic rings. The first kappa shape index (κ1) is 14.9. The van der Waals surface area contributed by atoms with Crippen molar-refractivity contribution in [3.63, 3.8) is 0 Å². The van der Waals surface area contributed by atoms with Crippen molar-refractivity contribution < 1.29 is 14.3 Å². The zero-order chi connectivity index (χ0) is 13.7. The van der Waals surface area contributed by atoms with E-state index in [9.17, 15) is 9.59 Å². The van der Waals surface area contributed by atoms with Gasteiger partial charge in [-0.2, -0.15) is 0 Å². The molecule has 1 unspecified atom stereocenters. The van der Waals surface area contributed by atoms with Crippen LogP contribution in [0.15, 0.2) is 18.2 Å². The first-order valence-electron chi connectivity index (χ1n) is 5.99. The average Bonchev–Trinajstić information content (AvgIpc) is 2.37. The van der Waals surface area contributed by atoms with Crippen molar-refractivity contribution in [3.8, 4) is 0 Å². The largest absolute Gasteiger partial charge is 0.462 e. The van der Waals surface area contributed by atoms with Crippen molar-refractivity contribution in [2.24, 2.45) is 0 Å². The van der Waals surface area contributed by atoms with Gasteiger partial charge in [0.05, 0.1) is 17.0 Å². The molecule has 3 nitrogen and oxygen atoms in total. The number of carbonyl (C=O) groups is 2. The summed E-state index contributed by atoms with van der Waals surface area (Å²) in [6, 6.07) is 5.19. The molecule has 0 aliphatic heterocycles. The van der Waals surface area contributed by atoms with Crippen molar-refractivity contribution in [2.45, 2.75) is 32.0 Å². The van der Waals surface area contributed by atoms with Crippen LogP contribution in [0.1, 0.15) is 47.1 Å². The van der Waals surface area contributed by atoms with Crippen molar-refractivity contribution in [1.82, 2.24) is 0 Å². The molecule has 4 heteroatoms. The summed E-state index contributed by atoms with van der Waals surface area (Å²) in [5, 5.41) is 0. The topological polar surface area (TPSA) is 43.4 Å². The molecule has 0 aliphatic carbocycles. The maximum Gasteiger partial charge on any atom is 0.338 e. The summed E-state index contributed by atoms with van der Waals surface area (Å²) in [5.74, 6) is -0.417. The molecule has 0 aliphatic rings. The van der Waals surface area contributed by atoms with Gasteiger partial charge >= 0.3 is 5.97 Å². The molecular formula is C14H17BrO3. The number of aryl methyl sites for hydroxylation is 1. The molecule has 0 bridgehead atoms. The summed E-state index contributed by atoms with van der Waals surface area (Å²) in [5.41, 5.74) is 1.94. The van der Waals surface area contributed by atoms with Gasteiger partial charge in [-0.1, -0.05) is 22.9 Å². The number of hydrogen-bond acceptors (Lipinski definition) is 3. The van der Waals surface area contributed by atoms with Gasteiger partial charge in [0.2, 0.25) is 0 Å². The summed E-state index contributed by atoms with van der Waals surface area (Å²) in [7, 11) is 0. The van der Waals surface area contributed by atoms with Crippen LogP contribution in [-0.2, 0) is 11.2 Å². The van der Waals surface area contributed by atoms with Gasteiger partial charge in [-0.25, -0.2) is 4.79 Å². The second-order valence-corrected chi connectivity index (χ2v) is 5.35. The Morgan fingerprint density at radius 3 is 2.33 bits per heavy atom. The second kappa shape index (κ2) is 6.69. The minimum atomic E-state index is -0.385. The number of halogens is 1. The molecule has 0 fully saturated rings. The lowest BCUT2D eigenvalue weighted by Crippen LogP contribution is -2.13. The Morgan fingerprint density at radius 2 is 1.83 bits per heavy atom. The fourth-order valence-corrected chi connectivity index (χ4v) is 1.86. The highest BCUT2D eigenvalue weighted by Crippen LogP contribution is 2.16. The van der Waals surface area contributed by atoms with Crippen molar-refractivity contribution in [3.05, 3.63) is 34.9 Å². The van der Waals surface area contributed by atoms with Crippen LogP contribution in [0.3, 0.4) is 0 Å². The van der Waals surface area contributed by atoms with Gasteiger partial charge < -0.3 is 4.74 Å². The molecule has 0 spiro atoms. The van der Waals surface area contributed by atoms with Gasteiger partial charge in [-0.3, -0.25) is 4.79 Å². The lowest BCUT2D eigenvalue weighted by Gasteiger charge is -2.09. The molecule has 0 amide bonds. The third-order valence-electron chi connectivity index (χ3n) is 2.56. The first-order chi connectivity index (χ1) is 8.49. The molecular weight excluding hydrogens is 296 g/mol. The van der Waals surface area contributed by atoms with Gasteiger partial charge in [0, 0.05) is 5.56 Å². The molecule has 0 N–H and O–H groups in total. The summed E-state index contributed by atoms with van der Waals surface area (Å²) in [6.45, 7) is 5.84. The van der Waals surface area contributed by atoms with E-state index in [4.69, 9.17) is 4.74 Å². The molecule has 0 saturated heterocycles. The van der Waals surface area contributed by atoms with E-state index < -0.39 is 0 Å². The highest BCUT2D eigenvalue weighted by Gasteiger charge is 2.16. The van der Waals surface area contributed by atoms with Crippen LogP contribution in [-0.4, -0.2) is 23.2 Å². The van der Waals surface area contributed by atoms with E-state index in [1.54, 1.807) is 26.0 Å². The van der Waals surface area contributed by atoms with Crippen LogP contribution in [0.5, 0.6) is 0 Å². The van der Waals surface area contributed by atoms with Crippen LogP contribution in [0.25, 0.3) is 0 Å². The normalized spacial score (nSPS) is 12.0. The zero-order valence-electron chi connectivity index (χ0n) is 10.8. The molecule has 98 valence electrons. The predicted molar refractivity (Wildman–Crippen MR) is 74.5 cm³/mol. The number of benzene rings is 1. The molecule has 0 radical (unpaired) electrons. The molecule has 0 heterocycles. The fourth-order valence-electron chi connectivity index (χ4n) is 1.60. The van der Waals surface area contributed by atoms with E-state index in [1.165, 1.54) is 0 Å². The van der Waals surface area contributed by atoms with E-state index in [2.05, 4.69) is 15.9 Å². The van der Waals surface area contributed by atoms with Crippen molar-refractivity contribution >= 4 is 27.7 Å². The lowest BCUT2D eigenvalue weighted by atomic mass is 10.0. The van der Waals surface area contributed by atoms with Gasteiger partial charge in [0.1, 0.15) is 0 Å². The average molecular weight is 313 g/mol. The number of carbonyl (C=O) groups excluding carboxylic acids is 2. The van der Waals surface area contributed by atoms with Crippen LogP contribution in [0.4, 0.5) is 0 Å². The molecule has 1 aromatic carbocycles. The predicted octanol–water partition coefficient (Wildman–Crippen LogP) is 3.39. The number of hydrogen-bond donors (Lipinski definition) is 0. The van der Waals surface area contributed by atoms with Crippen LogP contribution >= 0.6 is 15.9 Å². The highest BCUT2D eigenvalue weighted by atomic mass is 79.9. The first-order valence-corrected chi connectivity index (χ1v) is 6.90. The Balaban J connectivity index is 3.17. The Bertz CT molecular complexity index is 452. The number of ketones is 1. The minimum absolute atomic E-state index is 0.0316. The Hall–Kier alpha value is -1.16. The third-order valence-corrected chi connectivity index (χ3v) is 2.97.